The first-order valence-corrected chi connectivity index (χ1v) is 10.7. The number of nitrogens with zero attached hydrogens (tertiary/aromatic N) is 2. The molecule has 0 aliphatic rings. The van der Waals surface area contributed by atoms with E-state index in [2.05, 4.69) is 20.6 Å². The Hall–Kier alpha value is -4.91. The van der Waals surface area contributed by atoms with Crippen molar-refractivity contribution in [2.75, 3.05) is 10.6 Å². The number of ketones is 1. The lowest BCUT2D eigenvalue weighted by molar-refractivity contribution is 0.103. The Morgan fingerprint density at radius 2 is 1.03 bits per heavy atom. The van der Waals surface area contributed by atoms with Crippen LogP contribution in [0.15, 0.2) is 106 Å². The van der Waals surface area contributed by atoms with Crippen molar-refractivity contribution in [1.82, 2.24) is 9.97 Å². The number of para-hydroxylation sites is 2. The smallest absolute Gasteiger partial charge is 0.300 e. The van der Waals surface area contributed by atoms with Gasteiger partial charge in [0.2, 0.25) is 0 Å². The first-order chi connectivity index (χ1) is 16.7. The number of hydrogen-bond acceptors (Lipinski definition) is 7. The number of anilines is 4. The highest BCUT2D eigenvalue weighted by Crippen LogP contribution is 2.26. The van der Waals surface area contributed by atoms with Crippen molar-refractivity contribution in [3.05, 3.63) is 108 Å². The van der Waals surface area contributed by atoms with Gasteiger partial charge in [0.15, 0.2) is 16.9 Å². The highest BCUT2D eigenvalue weighted by molar-refractivity contribution is 6.11. The number of carbonyl (C=O) groups is 1. The maximum atomic E-state index is 13.2. The predicted octanol–water partition coefficient (Wildman–Crippen LogP) is 6.69. The van der Waals surface area contributed by atoms with Crippen LogP contribution in [0.2, 0.25) is 0 Å². The molecule has 0 radical (unpaired) electrons. The van der Waals surface area contributed by atoms with Gasteiger partial charge in [-0.2, -0.15) is 9.97 Å². The Balaban J connectivity index is 1.26. The molecule has 0 amide bonds. The summed E-state index contributed by atoms with van der Waals surface area (Å²) in [6.45, 7) is 0. The van der Waals surface area contributed by atoms with Crippen LogP contribution >= 0.6 is 0 Å². The van der Waals surface area contributed by atoms with Crippen molar-refractivity contribution in [1.29, 1.82) is 0 Å². The van der Waals surface area contributed by atoms with E-state index in [1.54, 1.807) is 36.4 Å². The first-order valence-electron chi connectivity index (χ1n) is 10.7. The van der Waals surface area contributed by atoms with Crippen molar-refractivity contribution < 1.29 is 13.6 Å². The van der Waals surface area contributed by atoms with Gasteiger partial charge in [-0.05, 0) is 60.7 Å². The number of carbonyl (C=O) groups excluding carboxylic acids is 1. The van der Waals surface area contributed by atoms with Gasteiger partial charge in [-0.25, -0.2) is 0 Å². The topological polar surface area (TPSA) is 93.2 Å². The molecular formula is C27H18N4O3. The summed E-state index contributed by atoms with van der Waals surface area (Å²) in [5.74, 6) is -0.147. The van der Waals surface area contributed by atoms with Gasteiger partial charge in [0.05, 0.1) is 0 Å². The van der Waals surface area contributed by atoms with E-state index in [0.717, 1.165) is 11.4 Å². The summed E-state index contributed by atoms with van der Waals surface area (Å²) in [7, 11) is 0. The molecule has 0 saturated carbocycles. The second kappa shape index (κ2) is 8.22. The second-order valence-electron chi connectivity index (χ2n) is 7.71. The van der Waals surface area contributed by atoms with Crippen molar-refractivity contribution >= 4 is 51.4 Å². The molecule has 0 fully saturated rings. The van der Waals surface area contributed by atoms with Gasteiger partial charge in [0.25, 0.3) is 12.0 Å². The monoisotopic (exact) mass is 446 g/mol. The molecule has 6 aromatic rings. The number of hydrogen-bond donors (Lipinski definition) is 2. The molecule has 0 saturated heterocycles. The molecule has 0 unspecified atom stereocenters. The molecule has 7 heteroatoms. The van der Waals surface area contributed by atoms with Crippen LogP contribution in [-0.2, 0) is 0 Å². The summed E-state index contributed by atoms with van der Waals surface area (Å²) in [5, 5.41) is 6.25. The van der Waals surface area contributed by atoms with E-state index in [9.17, 15) is 4.79 Å². The Morgan fingerprint density at radius 3 is 1.47 bits per heavy atom. The predicted molar refractivity (Wildman–Crippen MR) is 131 cm³/mol. The van der Waals surface area contributed by atoms with Gasteiger partial charge in [-0.1, -0.05) is 36.4 Å². The third-order valence-electron chi connectivity index (χ3n) is 5.35. The molecule has 2 N–H and O–H groups in total. The molecule has 4 aromatic carbocycles. The summed E-state index contributed by atoms with van der Waals surface area (Å²) in [6, 6.07) is 30.4. The molecule has 0 spiro atoms. The molecule has 7 nitrogen and oxygen atoms in total. The Labute approximate surface area is 194 Å². The van der Waals surface area contributed by atoms with Gasteiger partial charge in [-0.15, -0.1) is 0 Å². The van der Waals surface area contributed by atoms with Crippen LogP contribution in [0, 0.1) is 0 Å². The minimum atomic E-state index is -0.147. The third kappa shape index (κ3) is 3.86. The second-order valence-corrected chi connectivity index (χ2v) is 7.71. The zero-order valence-electron chi connectivity index (χ0n) is 17.9. The highest BCUT2D eigenvalue weighted by atomic mass is 16.4. The van der Waals surface area contributed by atoms with Crippen LogP contribution in [-0.4, -0.2) is 15.8 Å². The number of oxazole rings is 2. The third-order valence-corrected chi connectivity index (χ3v) is 5.35. The fraction of sp³-hybridized carbons (Fsp3) is 0. The van der Waals surface area contributed by atoms with E-state index in [1.165, 1.54) is 0 Å². The van der Waals surface area contributed by atoms with Crippen LogP contribution < -0.4 is 10.6 Å². The molecule has 2 heterocycles. The summed E-state index contributed by atoms with van der Waals surface area (Å²) in [6.07, 6.45) is 0. The van der Waals surface area contributed by atoms with E-state index in [1.807, 2.05) is 60.7 Å². The van der Waals surface area contributed by atoms with Gasteiger partial charge >= 0.3 is 0 Å². The SMILES string of the molecule is O=C(c1ccc2nc(Nc3ccccc3)oc2c1)c1ccc2nc(Nc3ccccc3)oc2c1. The zero-order valence-corrected chi connectivity index (χ0v) is 17.9. The number of fused-ring (bicyclic) bond motifs is 2. The van der Waals surface area contributed by atoms with Crippen molar-refractivity contribution in [2.24, 2.45) is 0 Å². The number of nitrogens with one attached hydrogen (secondary N) is 2. The van der Waals surface area contributed by atoms with E-state index >= 15 is 0 Å². The van der Waals surface area contributed by atoms with E-state index in [0.29, 0.717) is 45.4 Å². The largest absolute Gasteiger partial charge is 0.423 e. The maximum Gasteiger partial charge on any atom is 0.300 e. The minimum absolute atomic E-state index is 0.147. The summed E-state index contributed by atoms with van der Waals surface area (Å²) in [5.41, 5.74) is 5.11. The number of rotatable bonds is 6. The van der Waals surface area contributed by atoms with Gasteiger partial charge < -0.3 is 19.5 Å². The molecule has 6 rings (SSSR count). The van der Waals surface area contributed by atoms with Gasteiger partial charge in [0, 0.05) is 22.5 Å². The highest BCUT2D eigenvalue weighted by Gasteiger charge is 2.15. The number of aromatic nitrogens is 2. The maximum absolute atomic E-state index is 13.2. The van der Waals surface area contributed by atoms with Crippen LogP contribution in [0.1, 0.15) is 15.9 Å². The van der Waals surface area contributed by atoms with Crippen molar-refractivity contribution in [2.45, 2.75) is 0 Å². The normalized spacial score (nSPS) is 11.1. The summed E-state index contributed by atoms with van der Waals surface area (Å²) in [4.78, 5) is 22.1. The molecule has 0 bridgehead atoms. The molecule has 0 atom stereocenters. The Bertz CT molecular complexity index is 1500. The van der Waals surface area contributed by atoms with Gasteiger partial charge in [0.1, 0.15) is 11.0 Å². The fourth-order valence-electron chi connectivity index (χ4n) is 3.70. The van der Waals surface area contributed by atoms with Crippen molar-refractivity contribution in [3.63, 3.8) is 0 Å². The van der Waals surface area contributed by atoms with Crippen molar-refractivity contribution in [3.8, 4) is 0 Å². The minimum Gasteiger partial charge on any atom is -0.423 e. The number of benzene rings is 4. The molecule has 2 aromatic heterocycles. The van der Waals surface area contributed by atoms with E-state index in [4.69, 9.17) is 8.83 Å². The average molecular weight is 446 g/mol. The average Bonchev–Trinajstić information content (AvgIpc) is 3.46. The fourth-order valence-corrected chi connectivity index (χ4v) is 3.70. The van der Waals surface area contributed by atoms with Crippen LogP contribution in [0.4, 0.5) is 23.4 Å². The van der Waals surface area contributed by atoms with Crippen LogP contribution in [0.25, 0.3) is 22.2 Å². The Kier molecular flexibility index (Phi) is 4.77. The van der Waals surface area contributed by atoms with E-state index in [-0.39, 0.29) is 5.78 Å². The quantitative estimate of drug-likeness (QED) is 0.275. The zero-order chi connectivity index (χ0) is 22.9. The molecule has 164 valence electrons. The first kappa shape index (κ1) is 19.8. The Morgan fingerprint density at radius 1 is 0.588 bits per heavy atom. The molecule has 0 aliphatic heterocycles. The standard InChI is InChI=1S/C27H18N4O3/c32-25(17-11-13-21-23(15-17)33-26(30-21)28-19-7-3-1-4-8-19)18-12-14-22-24(16-18)34-27(31-22)29-20-9-5-2-6-10-20/h1-16H,(H,28,30)(H,29,31). The lowest BCUT2D eigenvalue weighted by atomic mass is 10.0. The summed E-state index contributed by atoms with van der Waals surface area (Å²) < 4.78 is 11.6. The van der Waals surface area contributed by atoms with Crippen LogP contribution in [0.3, 0.4) is 0 Å². The molecular weight excluding hydrogens is 428 g/mol. The van der Waals surface area contributed by atoms with Crippen LogP contribution in [0.5, 0.6) is 0 Å². The molecule has 34 heavy (non-hydrogen) atoms. The van der Waals surface area contributed by atoms with E-state index < -0.39 is 0 Å². The molecule has 0 aliphatic carbocycles. The van der Waals surface area contributed by atoms with Gasteiger partial charge in [-0.3, -0.25) is 4.79 Å². The summed E-state index contributed by atoms with van der Waals surface area (Å²) >= 11 is 0. The lowest BCUT2D eigenvalue weighted by Crippen LogP contribution is -2.00. The lowest BCUT2D eigenvalue weighted by Gasteiger charge is -2.01.